The topological polar surface area (TPSA) is 34.6 Å². The molecule has 118 valence electrons. The molecule has 0 aromatic carbocycles. The fraction of sp³-hybridized carbons (Fsp3) is 0.688. The van der Waals surface area contributed by atoms with Crippen molar-refractivity contribution in [3.05, 3.63) is 23.0 Å². The first kappa shape index (κ1) is 16.7. The van der Waals surface area contributed by atoms with Gasteiger partial charge in [-0.3, -0.25) is 9.88 Å². The zero-order valence-corrected chi connectivity index (χ0v) is 14.8. The molecule has 0 spiro atoms. The molecule has 4 nitrogen and oxygen atoms in total. The fourth-order valence-electron chi connectivity index (χ4n) is 2.89. The number of hydrogen-bond acceptors (Lipinski definition) is 4. The van der Waals surface area contributed by atoms with Crippen LogP contribution in [0.15, 0.2) is 6.20 Å². The molecule has 1 aliphatic heterocycles. The molecule has 0 saturated carbocycles. The Kier molecular flexibility index (Phi) is 6.45. The van der Waals surface area contributed by atoms with Gasteiger partial charge in [0.15, 0.2) is 0 Å². The number of methoxy groups -OCH3 is 1. The van der Waals surface area contributed by atoms with E-state index in [1.165, 1.54) is 0 Å². The Labute approximate surface area is 136 Å². The standard InChI is InChI=1S/C16H25BrN2O2/c1-12-10-18-15(13(2)16(12)20-3)11-19-7-4-14(5-8-19)21-9-6-17/h10,14H,4-9,11H2,1-3H3. The van der Waals surface area contributed by atoms with Crippen LogP contribution in [0.4, 0.5) is 0 Å². The summed E-state index contributed by atoms with van der Waals surface area (Å²) in [7, 11) is 1.73. The van der Waals surface area contributed by atoms with Crippen LogP contribution in [-0.4, -0.2) is 48.1 Å². The molecule has 1 aromatic rings. The SMILES string of the molecule is COc1c(C)cnc(CN2CCC(OCCBr)CC2)c1C. The molecule has 1 aliphatic rings. The Balaban J connectivity index is 1.92. The molecule has 2 heterocycles. The Morgan fingerprint density at radius 3 is 2.67 bits per heavy atom. The molecule has 0 unspecified atom stereocenters. The molecule has 0 N–H and O–H groups in total. The number of piperidine rings is 1. The van der Waals surface area contributed by atoms with Crippen LogP contribution in [0.3, 0.4) is 0 Å². The quantitative estimate of drug-likeness (QED) is 0.733. The minimum Gasteiger partial charge on any atom is -0.496 e. The van der Waals surface area contributed by atoms with Crippen LogP contribution < -0.4 is 4.74 Å². The largest absolute Gasteiger partial charge is 0.496 e. The molecule has 0 aliphatic carbocycles. The van der Waals surface area contributed by atoms with Crippen LogP contribution in [0.2, 0.25) is 0 Å². The average Bonchev–Trinajstić information content (AvgIpc) is 2.50. The van der Waals surface area contributed by atoms with Gasteiger partial charge in [-0.2, -0.15) is 0 Å². The zero-order valence-electron chi connectivity index (χ0n) is 13.2. The van der Waals surface area contributed by atoms with E-state index >= 15 is 0 Å². The van der Waals surface area contributed by atoms with E-state index in [4.69, 9.17) is 9.47 Å². The number of halogens is 1. The maximum absolute atomic E-state index is 5.80. The van der Waals surface area contributed by atoms with Gasteiger partial charge in [0.2, 0.25) is 0 Å². The molecule has 21 heavy (non-hydrogen) atoms. The van der Waals surface area contributed by atoms with Crippen molar-refractivity contribution in [3.63, 3.8) is 0 Å². The van der Waals surface area contributed by atoms with Gasteiger partial charge in [-0.15, -0.1) is 0 Å². The number of hydrogen-bond donors (Lipinski definition) is 0. The number of alkyl halides is 1. The van der Waals surface area contributed by atoms with E-state index < -0.39 is 0 Å². The molecule has 0 bridgehead atoms. The first-order valence-electron chi connectivity index (χ1n) is 7.54. The van der Waals surface area contributed by atoms with E-state index in [1.54, 1.807) is 7.11 Å². The fourth-order valence-corrected chi connectivity index (χ4v) is 3.07. The van der Waals surface area contributed by atoms with E-state index in [0.29, 0.717) is 6.10 Å². The molecule has 0 atom stereocenters. The summed E-state index contributed by atoms with van der Waals surface area (Å²) in [5, 5.41) is 0.916. The highest BCUT2D eigenvalue weighted by Crippen LogP contribution is 2.25. The van der Waals surface area contributed by atoms with Crippen molar-refractivity contribution in [2.24, 2.45) is 0 Å². The highest BCUT2D eigenvalue weighted by Gasteiger charge is 2.21. The van der Waals surface area contributed by atoms with Crippen molar-refractivity contribution in [2.75, 3.05) is 32.1 Å². The van der Waals surface area contributed by atoms with Gasteiger partial charge in [0.05, 0.1) is 25.5 Å². The van der Waals surface area contributed by atoms with Crippen molar-refractivity contribution in [1.82, 2.24) is 9.88 Å². The van der Waals surface area contributed by atoms with Gasteiger partial charge in [0.25, 0.3) is 0 Å². The average molecular weight is 357 g/mol. The van der Waals surface area contributed by atoms with E-state index in [1.807, 2.05) is 13.1 Å². The normalized spacial score (nSPS) is 17.1. The van der Waals surface area contributed by atoms with Crippen LogP contribution in [0.1, 0.15) is 29.7 Å². The van der Waals surface area contributed by atoms with Crippen LogP contribution in [0, 0.1) is 13.8 Å². The number of pyridine rings is 1. The molecule has 1 saturated heterocycles. The second kappa shape index (κ2) is 8.11. The number of rotatable bonds is 6. The molecule has 1 aromatic heterocycles. The number of aryl methyl sites for hydroxylation is 1. The summed E-state index contributed by atoms with van der Waals surface area (Å²) in [4.78, 5) is 7.05. The number of likely N-dealkylation sites (tertiary alicyclic amines) is 1. The van der Waals surface area contributed by atoms with E-state index in [9.17, 15) is 0 Å². The lowest BCUT2D eigenvalue weighted by molar-refractivity contribution is 0.0138. The summed E-state index contributed by atoms with van der Waals surface area (Å²) in [6, 6.07) is 0. The Hall–Kier alpha value is -0.650. The van der Waals surface area contributed by atoms with Crippen LogP contribution in [-0.2, 0) is 11.3 Å². The third-order valence-electron chi connectivity index (χ3n) is 4.09. The molecule has 2 rings (SSSR count). The first-order chi connectivity index (χ1) is 10.2. The second-order valence-electron chi connectivity index (χ2n) is 5.58. The maximum Gasteiger partial charge on any atom is 0.128 e. The van der Waals surface area contributed by atoms with Crippen LogP contribution >= 0.6 is 15.9 Å². The van der Waals surface area contributed by atoms with Gasteiger partial charge in [-0.1, -0.05) is 15.9 Å². The van der Waals surface area contributed by atoms with E-state index in [0.717, 1.165) is 67.0 Å². The predicted molar refractivity (Wildman–Crippen MR) is 88.3 cm³/mol. The summed E-state index contributed by atoms with van der Waals surface area (Å²) in [6.07, 6.45) is 4.54. The van der Waals surface area contributed by atoms with Crippen molar-refractivity contribution >= 4 is 15.9 Å². The van der Waals surface area contributed by atoms with Crippen LogP contribution in [0.25, 0.3) is 0 Å². The molecular weight excluding hydrogens is 332 g/mol. The highest BCUT2D eigenvalue weighted by molar-refractivity contribution is 9.09. The smallest absolute Gasteiger partial charge is 0.128 e. The third-order valence-corrected chi connectivity index (χ3v) is 4.41. The van der Waals surface area contributed by atoms with E-state index in [2.05, 4.69) is 32.7 Å². The number of nitrogens with zero attached hydrogens (tertiary/aromatic N) is 2. The van der Waals surface area contributed by atoms with Gasteiger partial charge in [-0.05, 0) is 26.7 Å². The number of ether oxygens (including phenoxy) is 2. The lowest BCUT2D eigenvalue weighted by atomic mass is 10.1. The lowest BCUT2D eigenvalue weighted by Crippen LogP contribution is -2.37. The van der Waals surface area contributed by atoms with Crippen molar-refractivity contribution < 1.29 is 9.47 Å². The highest BCUT2D eigenvalue weighted by atomic mass is 79.9. The van der Waals surface area contributed by atoms with Gasteiger partial charge in [0.1, 0.15) is 5.75 Å². The predicted octanol–water partition coefficient (Wildman–Crippen LogP) is 3.08. The molecule has 5 heteroatoms. The van der Waals surface area contributed by atoms with Gasteiger partial charge >= 0.3 is 0 Å². The summed E-state index contributed by atoms with van der Waals surface area (Å²) in [6.45, 7) is 7.98. The summed E-state index contributed by atoms with van der Waals surface area (Å²) < 4.78 is 11.3. The first-order valence-corrected chi connectivity index (χ1v) is 8.66. The van der Waals surface area contributed by atoms with Crippen LogP contribution in [0.5, 0.6) is 5.75 Å². The Morgan fingerprint density at radius 2 is 2.05 bits per heavy atom. The monoisotopic (exact) mass is 356 g/mol. The van der Waals surface area contributed by atoms with Gasteiger partial charge in [0, 0.05) is 42.3 Å². The minimum atomic E-state index is 0.417. The summed E-state index contributed by atoms with van der Waals surface area (Å²) >= 11 is 3.40. The maximum atomic E-state index is 5.80. The minimum absolute atomic E-state index is 0.417. The molecule has 0 radical (unpaired) electrons. The van der Waals surface area contributed by atoms with E-state index in [-0.39, 0.29) is 0 Å². The Morgan fingerprint density at radius 1 is 1.33 bits per heavy atom. The summed E-state index contributed by atoms with van der Waals surface area (Å²) in [5.41, 5.74) is 3.38. The van der Waals surface area contributed by atoms with Crippen molar-refractivity contribution in [3.8, 4) is 5.75 Å². The molecular formula is C16H25BrN2O2. The van der Waals surface area contributed by atoms with Crippen molar-refractivity contribution in [1.29, 1.82) is 0 Å². The third kappa shape index (κ3) is 4.41. The second-order valence-corrected chi connectivity index (χ2v) is 6.37. The zero-order chi connectivity index (χ0) is 15.2. The van der Waals surface area contributed by atoms with Gasteiger partial charge < -0.3 is 9.47 Å². The summed E-state index contributed by atoms with van der Waals surface area (Å²) in [5.74, 6) is 0.968. The number of aromatic nitrogens is 1. The lowest BCUT2D eigenvalue weighted by Gasteiger charge is -2.32. The molecule has 0 amide bonds. The van der Waals surface area contributed by atoms with Gasteiger partial charge in [-0.25, -0.2) is 0 Å². The van der Waals surface area contributed by atoms with Crippen molar-refractivity contribution in [2.45, 2.75) is 39.3 Å². The Bertz CT molecular complexity index is 460. The molecule has 1 fully saturated rings.